The van der Waals surface area contributed by atoms with Gasteiger partial charge < -0.3 is 15.0 Å². The third-order valence-electron chi connectivity index (χ3n) is 5.17. The van der Waals surface area contributed by atoms with Crippen LogP contribution in [0.5, 0.6) is 0 Å². The van der Waals surface area contributed by atoms with Crippen molar-refractivity contribution < 1.29 is 14.4 Å². The average molecular weight is 357 g/mol. The molecule has 2 N–H and O–H groups in total. The summed E-state index contributed by atoms with van der Waals surface area (Å²) in [7, 11) is 0. The minimum absolute atomic E-state index is 0.0405. The van der Waals surface area contributed by atoms with E-state index in [4.69, 9.17) is 4.74 Å². The third kappa shape index (κ3) is 3.94. The zero-order valence-electron chi connectivity index (χ0n) is 14.4. The molecule has 0 unspecified atom stereocenters. The lowest BCUT2D eigenvalue weighted by Crippen LogP contribution is -3.14. The van der Waals surface area contributed by atoms with Gasteiger partial charge in [-0.3, -0.25) is 4.79 Å². The number of quaternary nitrogens is 1. The van der Waals surface area contributed by atoms with E-state index >= 15 is 0 Å². The molecule has 4 nitrogen and oxygen atoms in total. The quantitative estimate of drug-likeness (QED) is 0.854. The van der Waals surface area contributed by atoms with E-state index < -0.39 is 0 Å². The van der Waals surface area contributed by atoms with Crippen LogP contribution in [0.25, 0.3) is 0 Å². The normalized spacial score (nSPS) is 18.7. The molecule has 2 aliphatic rings. The van der Waals surface area contributed by atoms with Crippen LogP contribution in [0.4, 0.5) is 0 Å². The van der Waals surface area contributed by atoms with Crippen LogP contribution < -0.4 is 10.2 Å². The van der Waals surface area contributed by atoms with Gasteiger partial charge in [0.2, 0.25) is 0 Å². The molecule has 1 aromatic carbocycles. The number of nitrogens with one attached hydrogen (secondary N) is 2. The molecule has 132 valence electrons. The van der Waals surface area contributed by atoms with Crippen molar-refractivity contribution in [2.24, 2.45) is 0 Å². The summed E-state index contributed by atoms with van der Waals surface area (Å²) in [5, 5.41) is 3.30. The molecule has 2 heterocycles. The minimum Gasteiger partial charge on any atom is -0.370 e. The largest absolute Gasteiger partial charge is 0.370 e. The summed E-state index contributed by atoms with van der Waals surface area (Å²) in [6.07, 6.45) is 3.49. The maximum atomic E-state index is 12.8. The standard InChI is InChI=1S/C20H24N2O2S/c23-20(19-13-16-7-4-8-18(16)25-19)21-17(15-5-2-1-3-6-15)14-22-9-11-24-12-10-22/h1-3,5-6,13,17H,4,7-12,14H2,(H,21,23)/p+1/t17-/m0/s1. The summed E-state index contributed by atoms with van der Waals surface area (Å²) < 4.78 is 5.47. The number of rotatable bonds is 5. The molecule has 0 spiro atoms. The Balaban J connectivity index is 1.49. The number of hydrogen-bond acceptors (Lipinski definition) is 3. The van der Waals surface area contributed by atoms with Gasteiger partial charge in [0.25, 0.3) is 5.91 Å². The predicted octanol–water partition coefficient (Wildman–Crippen LogP) is 1.62. The summed E-state index contributed by atoms with van der Waals surface area (Å²) >= 11 is 1.67. The van der Waals surface area contributed by atoms with Gasteiger partial charge >= 0.3 is 0 Å². The molecule has 1 atom stereocenters. The highest BCUT2D eigenvalue weighted by molar-refractivity contribution is 7.14. The summed E-state index contributed by atoms with van der Waals surface area (Å²) in [4.78, 5) is 16.6. The Morgan fingerprint density at radius 2 is 2.00 bits per heavy atom. The molecule has 1 fully saturated rings. The molecule has 1 amide bonds. The number of fused-ring (bicyclic) bond motifs is 1. The van der Waals surface area contributed by atoms with Gasteiger partial charge in [-0.25, -0.2) is 0 Å². The third-order valence-corrected chi connectivity index (χ3v) is 6.41. The van der Waals surface area contributed by atoms with Crippen molar-refractivity contribution in [1.82, 2.24) is 5.32 Å². The fourth-order valence-corrected chi connectivity index (χ4v) is 4.92. The monoisotopic (exact) mass is 357 g/mol. The number of benzene rings is 1. The molecule has 0 bridgehead atoms. The van der Waals surface area contributed by atoms with Crippen LogP contribution in [-0.2, 0) is 17.6 Å². The van der Waals surface area contributed by atoms with Crippen LogP contribution in [0.2, 0.25) is 0 Å². The first kappa shape index (κ1) is 16.8. The molecule has 1 saturated heterocycles. The average Bonchev–Trinajstić information content (AvgIpc) is 3.25. The van der Waals surface area contributed by atoms with Crippen LogP contribution in [0.3, 0.4) is 0 Å². The van der Waals surface area contributed by atoms with Crippen LogP contribution in [-0.4, -0.2) is 38.8 Å². The Kier molecular flexibility index (Phi) is 5.15. The van der Waals surface area contributed by atoms with E-state index in [1.807, 2.05) is 18.2 Å². The van der Waals surface area contributed by atoms with Gasteiger partial charge in [0, 0.05) is 4.88 Å². The lowest BCUT2D eigenvalue weighted by Gasteiger charge is -2.28. The molecule has 1 aromatic heterocycles. The van der Waals surface area contributed by atoms with E-state index in [1.54, 1.807) is 11.3 Å². The fraction of sp³-hybridized carbons (Fsp3) is 0.450. The highest BCUT2D eigenvalue weighted by Crippen LogP contribution is 2.30. The van der Waals surface area contributed by atoms with Crippen LogP contribution >= 0.6 is 11.3 Å². The number of ether oxygens (including phenoxy) is 1. The Morgan fingerprint density at radius 1 is 1.20 bits per heavy atom. The van der Waals surface area contributed by atoms with E-state index in [1.165, 1.54) is 27.3 Å². The summed E-state index contributed by atoms with van der Waals surface area (Å²) in [5.41, 5.74) is 2.56. The van der Waals surface area contributed by atoms with Crippen LogP contribution in [0.15, 0.2) is 36.4 Å². The summed E-state index contributed by atoms with van der Waals surface area (Å²) in [5.74, 6) is 0.0703. The number of carbonyl (C=O) groups is 1. The highest BCUT2D eigenvalue weighted by atomic mass is 32.1. The number of thiophene rings is 1. The Hall–Kier alpha value is -1.69. The molecule has 25 heavy (non-hydrogen) atoms. The number of morpholine rings is 1. The van der Waals surface area contributed by atoms with Crippen molar-refractivity contribution in [3.8, 4) is 0 Å². The number of amides is 1. The highest BCUT2D eigenvalue weighted by Gasteiger charge is 2.25. The smallest absolute Gasteiger partial charge is 0.262 e. The Labute approximate surface area is 152 Å². The van der Waals surface area contributed by atoms with Crippen LogP contribution in [0.1, 0.15) is 38.1 Å². The maximum absolute atomic E-state index is 12.8. The van der Waals surface area contributed by atoms with Crippen molar-refractivity contribution in [1.29, 1.82) is 0 Å². The summed E-state index contributed by atoms with van der Waals surface area (Å²) in [6, 6.07) is 12.5. The molecule has 0 radical (unpaired) electrons. The molecule has 5 heteroatoms. The van der Waals surface area contributed by atoms with Crippen molar-refractivity contribution in [3.05, 3.63) is 57.3 Å². The number of aryl methyl sites for hydroxylation is 2. The predicted molar refractivity (Wildman–Crippen MR) is 99.4 cm³/mol. The Morgan fingerprint density at radius 3 is 2.76 bits per heavy atom. The summed E-state index contributed by atoms with van der Waals surface area (Å²) in [6.45, 7) is 4.54. The van der Waals surface area contributed by atoms with Gasteiger partial charge in [-0.05, 0) is 36.5 Å². The van der Waals surface area contributed by atoms with Gasteiger partial charge in [-0.2, -0.15) is 0 Å². The molecule has 1 aliphatic carbocycles. The molecule has 2 aromatic rings. The second kappa shape index (κ2) is 7.68. The zero-order chi connectivity index (χ0) is 17.1. The van der Waals surface area contributed by atoms with E-state index in [2.05, 4.69) is 23.5 Å². The zero-order valence-corrected chi connectivity index (χ0v) is 15.2. The minimum atomic E-state index is 0.0405. The fourth-order valence-electron chi connectivity index (χ4n) is 3.76. The second-order valence-electron chi connectivity index (χ2n) is 6.92. The first-order valence-electron chi connectivity index (χ1n) is 9.18. The van der Waals surface area contributed by atoms with Crippen molar-refractivity contribution >= 4 is 17.2 Å². The van der Waals surface area contributed by atoms with Crippen LogP contribution in [0, 0.1) is 0 Å². The maximum Gasteiger partial charge on any atom is 0.262 e. The van der Waals surface area contributed by atoms with Crippen molar-refractivity contribution in [2.45, 2.75) is 25.3 Å². The van der Waals surface area contributed by atoms with E-state index in [0.717, 1.165) is 50.6 Å². The SMILES string of the molecule is O=C(N[C@@H](C[NH+]1CCOCC1)c1ccccc1)c1cc2c(s1)CCC2. The van der Waals surface area contributed by atoms with E-state index in [9.17, 15) is 4.79 Å². The first-order valence-corrected chi connectivity index (χ1v) is 10.00. The molecule has 0 saturated carbocycles. The van der Waals surface area contributed by atoms with Gasteiger partial charge in [0.1, 0.15) is 25.7 Å². The molecule has 1 aliphatic heterocycles. The molecular formula is C20H25N2O2S+. The molecule has 4 rings (SSSR count). The van der Waals surface area contributed by atoms with Gasteiger partial charge in [0.15, 0.2) is 0 Å². The molecular weight excluding hydrogens is 332 g/mol. The van der Waals surface area contributed by atoms with E-state index in [-0.39, 0.29) is 11.9 Å². The first-order chi connectivity index (χ1) is 12.3. The van der Waals surface area contributed by atoms with Crippen molar-refractivity contribution in [3.63, 3.8) is 0 Å². The lowest BCUT2D eigenvalue weighted by atomic mass is 10.1. The topological polar surface area (TPSA) is 42.8 Å². The lowest BCUT2D eigenvalue weighted by molar-refractivity contribution is -0.909. The van der Waals surface area contributed by atoms with Gasteiger partial charge in [-0.15, -0.1) is 11.3 Å². The van der Waals surface area contributed by atoms with E-state index in [0.29, 0.717) is 0 Å². The number of carbonyl (C=O) groups excluding carboxylic acids is 1. The van der Waals surface area contributed by atoms with Gasteiger partial charge in [-0.1, -0.05) is 30.3 Å². The second-order valence-corrected chi connectivity index (χ2v) is 8.05. The van der Waals surface area contributed by atoms with Crippen molar-refractivity contribution in [2.75, 3.05) is 32.8 Å². The number of hydrogen-bond donors (Lipinski definition) is 2. The Bertz CT molecular complexity index is 701. The van der Waals surface area contributed by atoms with Gasteiger partial charge in [0.05, 0.1) is 18.1 Å².